The fraction of sp³-hybridized carbons (Fsp3) is 0.556. The Hall–Kier alpha value is -1.87. The smallest absolute Gasteiger partial charge is 0.321 e. The van der Waals surface area contributed by atoms with Gasteiger partial charge in [0, 0.05) is 17.5 Å². The van der Waals surface area contributed by atoms with Gasteiger partial charge >= 0.3 is 6.03 Å². The SMILES string of the molecule is Cc1sc2nc(SCC(=O)NC(=O)NC3CC3)n(CC(C)C)c(=O)c2c1C. The van der Waals surface area contributed by atoms with E-state index < -0.39 is 11.9 Å². The van der Waals surface area contributed by atoms with Gasteiger partial charge in [-0.25, -0.2) is 9.78 Å². The standard InChI is InChI=1S/C18H24N4O3S2/c1-9(2)7-22-16(24)14-10(3)11(4)27-15(14)21-18(22)26-8-13(23)20-17(25)19-12-5-6-12/h9,12H,5-8H2,1-4H3,(H2,19,20,23,25). The number of nitrogens with zero attached hydrogens (tertiary/aromatic N) is 2. The molecule has 0 saturated heterocycles. The van der Waals surface area contributed by atoms with Gasteiger partial charge in [-0.15, -0.1) is 11.3 Å². The van der Waals surface area contributed by atoms with E-state index in [1.165, 1.54) is 23.1 Å². The van der Waals surface area contributed by atoms with E-state index in [1.54, 1.807) is 4.57 Å². The van der Waals surface area contributed by atoms with Gasteiger partial charge in [0.2, 0.25) is 5.91 Å². The number of imide groups is 1. The molecule has 0 unspecified atom stereocenters. The van der Waals surface area contributed by atoms with Crippen molar-refractivity contribution in [2.24, 2.45) is 5.92 Å². The molecule has 7 nitrogen and oxygen atoms in total. The Morgan fingerprint density at radius 2 is 2.04 bits per heavy atom. The lowest BCUT2D eigenvalue weighted by Crippen LogP contribution is -2.41. The number of nitrogens with one attached hydrogen (secondary N) is 2. The summed E-state index contributed by atoms with van der Waals surface area (Å²) in [5.41, 5.74) is 0.904. The van der Waals surface area contributed by atoms with Gasteiger partial charge in [0.25, 0.3) is 5.56 Å². The fourth-order valence-corrected chi connectivity index (χ4v) is 4.57. The summed E-state index contributed by atoms with van der Waals surface area (Å²) in [6.07, 6.45) is 1.92. The quantitative estimate of drug-likeness (QED) is 0.566. The van der Waals surface area contributed by atoms with Crippen LogP contribution >= 0.6 is 23.1 Å². The summed E-state index contributed by atoms with van der Waals surface area (Å²) in [4.78, 5) is 43.2. The highest BCUT2D eigenvalue weighted by Crippen LogP contribution is 2.28. The number of thiophene rings is 1. The fourth-order valence-electron chi connectivity index (χ4n) is 2.69. The molecule has 1 aliphatic carbocycles. The zero-order valence-corrected chi connectivity index (χ0v) is 17.6. The van der Waals surface area contributed by atoms with Gasteiger partial charge in [0.05, 0.1) is 11.1 Å². The molecule has 2 heterocycles. The summed E-state index contributed by atoms with van der Waals surface area (Å²) < 4.78 is 1.65. The van der Waals surface area contributed by atoms with Crippen molar-refractivity contribution in [1.82, 2.24) is 20.2 Å². The first kappa shape index (κ1) is 19.9. The minimum Gasteiger partial charge on any atom is -0.335 e. The number of carbonyl (C=O) groups is 2. The van der Waals surface area contributed by atoms with Crippen LogP contribution in [0.15, 0.2) is 9.95 Å². The third-order valence-electron chi connectivity index (χ3n) is 4.30. The van der Waals surface area contributed by atoms with Crippen molar-refractivity contribution in [1.29, 1.82) is 0 Å². The molecule has 27 heavy (non-hydrogen) atoms. The molecule has 9 heteroatoms. The zero-order chi connectivity index (χ0) is 19.7. The van der Waals surface area contributed by atoms with Crippen LogP contribution in [0, 0.1) is 19.8 Å². The van der Waals surface area contributed by atoms with Crippen LogP contribution in [0.3, 0.4) is 0 Å². The van der Waals surface area contributed by atoms with E-state index in [9.17, 15) is 14.4 Å². The van der Waals surface area contributed by atoms with Gasteiger partial charge < -0.3 is 5.32 Å². The average molecular weight is 409 g/mol. The Balaban J connectivity index is 1.80. The van der Waals surface area contributed by atoms with Crippen LogP contribution in [0.1, 0.15) is 37.1 Å². The van der Waals surface area contributed by atoms with Crippen LogP contribution in [0.5, 0.6) is 0 Å². The van der Waals surface area contributed by atoms with Gasteiger partial charge in [0.15, 0.2) is 5.16 Å². The Labute approximate surface area is 165 Å². The van der Waals surface area contributed by atoms with Crippen LogP contribution in [0.2, 0.25) is 0 Å². The molecule has 1 saturated carbocycles. The molecule has 146 valence electrons. The van der Waals surface area contributed by atoms with Crippen molar-refractivity contribution in [3.05, 3.63) is 20.8 Å². The molecule has 1 fully saturated rings. The highest BCUT2D eigenvalue weighted by atomic mass is 32.2. The molecule has 0 aromatic carbocycles. The number of hydrogen-bond donors (Lipinski definition) is 2. The van der Waals surface area contributed by atoms with Crippen LogP contribution in [0.4, 0.5) is 4.79 Å². The summed E-state index contributed by atoms with van der Waals surface area (Å²) in [6.45, 7) is 8.52. The van der Waals surface area contributed by atoms with E-state index in [4.69, 9.17) is 0 Å². The van der Waals surface area contributed by atoms with E-state index in [-0.39, 0.29) is 23.3 Å². The lowest BCUT2D eigenvalue weighted by molar-refractivity contribution is -0.117. The second-order valence-electron chi connectivity index (χ2n) is 7.25. The van der Waals surface area contributed by atoms with Crippen molar-refractivity contribution >= 4 is 45.3 Å². The third kappa shape index (κ3) is 4.70. The van der Waals surface area contributed by atoms with Gasteiger partial charge in [-0.2, -0.15) is 0 Å². The van der Waals surface area contributed by atoms with Crippen LogP contribution in [-0.4, -0.2) is 33.3 Å². The van der Waals surface area contributed by atoms with Crippen molar-refractivity contribution in [3.63, 3.8) is 0 Å². The van der Waals surface area contributed by atoms with Crippen molar-refractivity contribution < 1.29 is 9.59 Å². The first-order chi connectivity index (χ1) is 12.8. The van der Waals surface area contributed by atoms with Gasteiger partial charge in [-0.05, 0) is 38.2 Å². The van der Waals surface area contributed by atoms with Gasteiger partial charge in [0.1, 0.15) is 4.83 Å². The Morgan fingerprint density at radius 3 is 2.67 bits per heavy atom. The molecule has 1 aliphatic rings. The lowest BCUT2D eigenvalue weighted by atomic mass is 10.2. The van der Waals surface area contributed by atoms with E-state index in [0.29, 0.717) is 21.9 Å². The molecule has 2 aromatic heterocycles. The third-order valence-corrected chi connectivity index (χ3v) is 6.38. The molecule has 0 aliphatic heterocycles. The van der Waals surface area contributed by atoms with Crippen molar-refractivity contribution in [3.8, 4) is 0 Å². The van der Waals surface area contributed by atoms with E-state index >= 15 is 0 Å². The summed E-state index contributed by atoms with van der Waals surface area (Å²) in [6, 6.07) is -0.272. The topological polar surface area (TPSA) is 93.1 Å². The number of aryl methyl sites for hydroxylation is 2. The average Bonchev–Trinajstić information content (AvgIpc) is 3.33. The second-order valence-corrected chi connectivity index (χ2v) is 9.40. The minimum atomic E-state index is -0.462. The maximum absolute atomic E-state index is 13.0. The monoisotopic (exact) mass is 408 g/mol. The summed E-state index contributed by atoms with van der Waals surface area (Å²) in [5.74, 6) is -0.112. The number of urea groups is 1. The normalized spacial score (nSPS) is 14.0. The molecule has 0 radical (unpaired) electrons. The van der Waals surface area contributed by atoms with Crippen molar-refractivity contribution in [2.75, 3.05) is 5.75 Å². The molecule has 3 rings (SSSR count). The zero-order valence-electron chi connectivity index (χ0n) is 15.9. The molecule has 2 N–H and O–H groups in total. The number of amides is 3. The highest BCUT2D eigenvalue weighted by Gasteiger charge is 2.24. The Bertz CT molecular complexity index is 944. The largest absolute Gasteiger partial charge is 0.335 e. The van der Waals surface area contributed by atoms with Gasteiger partial charge in [-0.1, -0.05) is 25.6 Å². The number of fused-ring (bicyclic) bond motifs is 1. The number of thioether (sulfide) groups is 1. The maximum Gasteiger partial charge on any atom is 0.321 e. The first-order valence-electron chi connectivity index (χ1n) is 9.00. The second kappa shape index (κ2) is 8.02. The number of carbonyl (C=O) groups excluding carboxylic acids is 2. The lowest BCUT2D eigenvalue weighted by Gasteiger charge is -2.14. The number of aromatic nitrogens is 2. The van der Waals surface area contributed by atoms with Gasteiger partial charge in [-0.3, -0.25) is 19.5 Å². The summed E-state index contributed by atoms with van der Waals surface area (Å²) >= 11 is 2.68. The number of hydrogen-bond acceptors (Lipinski definition) is 6. The van der Waals surface area contributed by atoms with Crippen LogP contribution in [0.25, 0.3) is 10.2 Å². The minimum absolute atomic E-state index is 0.0253. The molecule has 0 bridgehead atoms. The summed E-state index contributed by atoms with van der Waals surface area (Å²) in [5, 5.41) is 6.21. The Kier molecular flexibility index (Phi) is 5.90. The molecular formula is C18H24N4O3S2. The summed E-state index contributed by atoms with van der Waals surface area (Å²) in [7, 11) is 0. The van der Waals surface area contributed by atoms with Crippen LogP contribution < -0.4 is 16.2 Å². The predicted octanol–water partition coefficient (Wildman–Crippen LogP) is 2.81. The predicted molar refractivity (Wildman–Crippen MR) is 109 cm³/mol. The van der Waals surface area contributed by atoms with Crippen LogP contribution in [-0.2, 0) is 11.3 Å². The molecule has 2 aromatic rings. The first-order valence-corrected chi connectivity index (χ1v) is 10.8. The Morgan fingerprint density at radius 1 is 1.33 bits per heavy atom. The maximum atomic E-state index is 13.0. The molecular weight excluding hydrogens is 384 g/mol. The van der Waals surface area contributed by atoms with E-state index in [1.807, 2.05) is 27.7 Å². The number of rotatable bonds is 6. The highest BCUT2D eigenvalue weighted by molar-refractivity contribution is 7.99. The van der Waals surface area contributed by atoms with E-state index in [2.05, 4.69) is 15.6 Å². The molecule has 0 atom stereocenters. The van der Waals surface area contributed by atoms with Crippen molar-refractivity contribution in [2.45, 2.75) is 58.3 Å². The van der Waals surface area contributed by atoms with E-state index in [0.717, 1.165) is 23.3 Å². The molecule has 0 spiro atoms. The molecule has 3 amide bonds.